The Kier molecular flexibility index (Phi) is 5.26. The number of nitrogens with one attached hydrogen (secondary N) is 1. The van der Waals surface area contributed by atoms with Gasteiger partial charge in [0.2, 0.25) is 6.41 Å². The molecular formula is C9H11NO2. The maximum absolute atomic E-state index is 10.8. The second-order valence-corrected chi connectivity index (χ2v) is 2.00. The lowest BCUT2D eigenvalue weighted by Crippen LogP contribution is -2.21. The zero-order chi connectivity index (χ0) is 9.40. The highest BCUT2D eigenvalue weighted by Crippen LogP contribution is 1.92. The zero-order valence-electron chi connectivity index (χ0n) is 6.91. The van der Waals surface area contributed by atoms with Gasteiger partial charge in [0.1, 0.15) is 0 Å². The van der Waals surface area contributed by atoms with Crippen LogP contribution in [-0.4, -0.2) is 12.3 Å². The van der Waals surface area contributed by atoms with Crippen molar-refractivity contribution in [1.29, 1.82) is 0 Å². The predicted octanol–water partition coefficient (Wildman–Crippen LogP) is 0.947. The number of carbonyl (C=O) groups excluding carboxylic acids is 2. The number of rotatable bonds is 4. The molecule has 12 heavy (non-hydrogen) atoms. The van der Waals surface area contributed by atoms with Gasteiger partial charge in [0.05, 0.1) is 0 Å². The molecule has 0 atom stereocenters. The molecule has 0 bridgehead atoms. The van der Waals surface area contributed by atoms with Crippen LogP contribution in [0, 0.1) is 0 Å². The summed E-state index contributed by atoms with van der Waals surface area (Å²) in [5.74, 6) is -0.481. The van der Waals surface area contributed by atoms with E-state index < -0.39 is 5.91 Å². The van der Waals surface area contributed by atoms with Gasteiger partial charge in [-0.3, -0.25) is 14.9 Å². The molecule has 0 fully saturated rings. The molecule has 64 valence electrons. The van der Waals surface area contributed by atoms with Crippen molar-refractivity contribution in [2.45, 2.75) is 6.92 Å². The first-order valence-corrected chi connectivity index (χ1v) is 3.45. The Morgan fingerprint density at radius 2 is 2.08 bits per heavy atom. The van der Waals surface area contributed by atoms with Crippen LogP contribution in [0.4, 0.5) is 0 Å². The minimum absolute atomic E-state index is 0.250. The standard InChI is InChI=1S/C9H11NO2/c1-3-4-5-6-8(2)9(12)10-7-11/h3-7H,2H2,1H3,(H,10,11,12)/b4-3-,6-5-. The number of allylic oxidation sites excluding steroid dienone is 3. The highest BCUT2D eigenvalue weighted by Gasteiger charge is 1.99. The van der Waals surface area contributed by atoms with Crippen LogP contribution in [-0.2, 0) is 9.59 Å². The lowest BCUT2D eigenvalue weighted by atomic mass is 10.2. The number of hydrogen-bond acceptors (Lipinski definition) is 2. The Balaban J connectivity index is 4.03. The number of amides is 2. The molecule has 0 aliphatic carbocycles. The molecule has 2 amide bonds. The van der Waals surface area contributed by atoms with Crippen molar-refractivity contribution in [3.05, 3.63) is 36.5 Å². The summed E-state index contributed by atoms with van der Waals surface area (Å²) in [6.45, 7) is 5.31. The number of carbonyl (C=O) groups is 2. The molecule has 0 aliphatic heterocycles. The molecule has 3 nitrogen and oxygen atoms in total. The third-order valence-electron chi connectivity index (χ3n) is 1.08. The normalized spacial score (nSPS) is 10.4. The molecule has 0 aromatic rings. The SMILES string of the molecule is C=C(/C=C\C=C/C)C(=O)NC=O. The summed E-state index contributed by atoms with van der Waals surface area (Å²) in [7, 11) is 0. The highest BCUT2D eigenvalue weighted by molar-refractivity contribution is 6.00. The maximum atomic E-state index is 10.8. The lowest BCUT2D eigenvalue weighted by molar-refractivity contribution is -0.122. The largest absolute Gasteiger partial charge is 0.295 e. The van der Waals surface area contributed by atoms with Gasteiger partial charge in [0.25, 0.3) is 5.91 Å². The summed E-state index contributed by atoms with van der Waals surface area (Å²) < 4.78 is 0. The summed E-state index contributed by atoms with van der Waals surface area (Å²) in [5, 5.41) is 1.98. The van der Waals surface area contributed by atoms with E-state index in [0.29, 0.717) is 6.41 Å². The Morgan fingerprint density at radius 1 is 1.42 bits per heavy atom. The van der Waals surface area contributed by atoms with Crippen LogP contribution in [0.15, 0.2) is 36.5 Å². The quantitative estimate of drug-likeness (QED) is 0.383. The van der Waals surface area contributed by atoms with Crippen LogP contribution in [0.5, 0.6) is 0 Å². The monoisotopic (exact) mass is 165 g/mol. The Labute approximate surface area is 71.5 Å². The fraction of sp³-hybridized carbons (Fsp3) is 0.111. The topological polar surface area (TPSA) is 46.2 Å². The molecule has 0 aromatic carbocycles. The Hall–Kier alpha value is -1.64. The van der Waals surface area contributed by atoms with Crippen LogP contribution in [0.2, 0.25) is 0 Å². The van der Waals surface area contributed by atoms with E-state index in [1.165, 1.54) is 6.08 Å². The predicted molar refractivity (Wildman–Crippen MR) is 47.3 cm³/mol. The average Bonchev–Trinajstić information content (AvgIpc) is 2.05. The van der Waals surface area contributed by atoms with E-state index in [0.717, 1.165) is 0 Å². The first kappa shape index (κ1) is 10.4. The molecule has 0 aliphatic rings. The van der Waals surface area contributed by atoms with Gasteiger partial charge >= 0.3 is 0 Å². The first-order chi connectivity index (χ1) is 5.72. The van der Waals surface area contributed by atoms with Crippen molar-refractivity contribution < 1.29 is 9.59 Å². The number of imide groups is 1. The Morgan fingerprint density at radius 3 is 2.58 bits per heavy atom. The summed E-state index contributed by atoms with van der Waals surface area (Å²) in [6, 6.07) is 0. The van der Waals surface area contributed by atoms with Gasteiger partial charge in [-0.2, -0.15) is 0 Å². The van der Waals surface area contributed by atoms with Gasteiger partial charge in [0, 0.05) is 5.57 Å². The summed E-state index contributed by atoms with van der Waals surface area (Å²) in [4.78, 5) is 20.7. The van der Waals surface area contributed by atoms with E-state index in [2.05, 4.69) is 6.58 Å². The third kappa shape index (κ3) is 4.22. The van der Waals surface area contributed by atoms with Crippen LogP contribution >= 0.6 is 0 Å². The summed E-state index contributed by atoms with van der Waals surface area (Å²) >= 11 is 0. The molecule has 0 saturated heterocycles. The third-order valence-corrected chi connectivity index (χ3v) is 1.08. The van der Waals surface area contributed by atoms with Gasteiger partial charge in [0.15, 0.2) is 0 Å². The van der Waals surface area contributed by atoms with Gasteiger partial charge < -0.3 is 0 Å². The summed E-state index contributed by atoms with van der Waals surface area (Å²) in [6.07, 6.45) is 7.11. The Bertz CT molecular complexity index is 239. The molecule has 0 radical (unpaired) electrons. The molecule has 0 heterocycles. The molecule has 3 heteroatoms. The molecule has 0 rings (SSSR count). The molecule has 0 unspecified atom stereocenters. The van der Waals surface area contributed by atoms with E-state index in [1.54, 1.807) is 12.2 Å². The highest BCUT2D eigenvalue weighted by atomic mass is 16.2. The first-order valence-electron chi connectivity index (χ1n) is 3.45. The van der Waals surface area contributed by atoms with E-state index >= 15 is 0 Å². The smallest absolute Gasteiger partial charge is 0.257 e. The van der Waals surface area contributed by atoms with E-state index in [-0.39, 0.29) is 5.57 Å². The van der Waals surface area contributed by atoms with Gasteiger partial charge in [-0.15, -0.1) is 0 Å². The second kappa shape index (κ2) is 6.09. The van der Waals surface area contributed by atoms with Crippen molar-refractivity contribution in [3.8, 4) is 0 Å². The van der Waals surface area contributed by atoms with Crippen molar-refractivity contribution in [2.24, 2.45) is 0 Å². The van der Waals surface area contributed by atoms with E-state index in [1.807, 2.05) is 18.3 Å². The van der Waals surface area contributed by atoms with Crippen LogP contribution in [0.25, 0.3) is 0 Å². The fourth-order valence-corrected chi connectivity index (χ4v) is 0.505. The molecule has 0 aromatic heterocycles. The minimum atomic E-state index is -0.481. The lowest BCUT2D eigenvalue weighted by Gasteiger charge is -1.93. The molecule has 0 spiro atoms. The van der Waals surface area contributed by atoms with Crippen molar-refractivity contribution >= 4 is 12.3 Å². The van der Waals surface area contributed by atoms with Gasteiger partial charge in [-0.25, -0.2) is 0 Å². The summed E-state index contributed by atoms with van der Waals surface area (Å²) in [5.41, 5.74) is 0.250. The van der Waals surface area contributed by atoms with Crippen molar-refractivity contribution in [2.75, 3.05) is 0 Å². The van der Waals surface area contributed by atoms with Crippen LogP contribution in [0.3, 0.4) is 0 Å². The van der Waals surface area contributed by atoms with Crippen molar-refractivity contribution in [1.82, 2.24) is 5.32 Å². The zero-order valence-corrected chi connectivity index (χ0v) is 6.91. The van der Waals surface area contributed by atoms with Crippen molar-refractivity contribution in [3.63, 3.8) is 0 Å². The van der Waals surface area contributed by atoms with E-state index in [9.17, 15) is 9.59 Å². The average molecular weight is 165 g/mol. The van der Waals surface area contributed by atoms with Gasteiger partial charge in [-0.1, -0.05) is 30.9 Å². The molecule has 0 saturated carbocycles. The molecular weight excluding hydrogens is 154 g/mol. The fourth-order valence-electron chi connectivity index (χ4n) is 0.505. The minimum Gasteiger partial charge on any atom is -0.295 e. The second-order valence-electron chi connectivity index (χ2n) is 2.00. The van der Waals surface area contributed by atoms with Crippen LogP contribution in [0.1, 0.15) is 6.92 Å². The maximum Gasteiger partial charge on any atom is 0.257 e. The van der Waals surface area contributed by atoms with Gasteiger partial charge in [-0.05, 0) is 6.92 Å². The van der Waals surface area contributed by atoms with Crippen LogP contribution < -0.4 is 5.32 Å². The molecule has 1 N–H and O–H groups in total. The van der Waals surface area contributed by atoms with E-state index in [4.69, 9.17) is 0 Å². The number of hydrogen-bond donors (Lipinski definition) is 1.